The number of aliphatic hydroxyl groups is 1. The van der Waals surface area contributed by atoms with Crippen LogP contribution in [-0.2, 0) is 11.8 Å². The van der Waals surface area contributed by atoms with Crippen molar-refractivity contribution in [3.8, 4) is 0 Å². The van der Waals surface area contributed by atoms with E-state index in [-0.39, 0.29) is 6.04 Å². The average molecular weight is 255 g/mol. The zero-order chi connectivity index (χ0) is 13.5. The second-order valence-corrected chi connectivity index (χ2v) is 5.16. The van der Waals surface area contributed by atoms with Gasteiger partial charge >= 0.3 is 0 Å². The fourth-order valence-electron chi connectivity index (χ4n) is 1.59. The van der Waals surface area contributed by atoms with E-state index in [1.807, 2.05) is 19.4 Å². The molecule has 0 bridgehead atoms. The normalized spacial score (nSPS) is 15.0. The summed E-state index contributed by atoms with van der Waals surface area (Å²) in [6.07, 6.45) is 3.33. The van der Waals surface area contributed by atoms with Gasteiger partial charge in [0.2, 0.25) is 0 Å². The molecule has 2 atom stereocenters. The molecule has 104 valence electrons. The number of aryl methyl sites for hydroxylation is 1. The first-order valence-electron chi connectivity index (χ1n) is 6.46. The van der Waals surface area contributed by atoms with Crippen molar-refractivity contribution in [2.24, 2.45) is 13.0 Å². The van der Waals surface area contributed by atoms with Crippen LogP contribution in [0.15, 0.2) is 12.4 Å². The van der Waals surface area contributed by atoms with Crippen molar-refractivity contribution in [3.05, 3.63) is 18.0 Å². The summed E-state index contributed by atoms with van der Waals surface area (Å²) in [5, 5.41) is 17.1. The lowest BCUT2D eigenvalue weighted by Gasteiger charge is -2.16. The molecule has 1 rings (SSSR count). The summed E-state index contributed by atoms with van der Waals surface area (Å²) >= 11 is 0. The highest BCUT2D eigenvalue weighted by molar-refractivity contribution is 5.08. The van der Waals surface area contributed by atoms with Crippen LogP contribution in [0.2, 0.25) is 0 Å². The Kier molecular flexibility index (Phi) is 6.32. The lowest BCUT2D eigenvalue weighted by atomic mass is 10.2. The number of aromatic nitrogens is 2. The van der Waals surface area contributed by atoms with Crippen LogP contribution in [0.25, 0.3) is 0 Å². The third-order valence-electron chi connectivity index (χ3n) is 2.65. The molecule has 1 aromatic rings. The highest BCUT2D eigenvalue weighted by Gasteiger charge is 2.10. The standard InChI is InChI=1S/C13H25N3O2/c1-10(2)8-18-9-13(17)6-14-11(3)12-5-15-16(4)7-12/h5,7,10-11,13-14,17H,6,8-9H2,1-4H3. The molecule has 5 heteroatoms. The number of rotatable bonds is 8. The number of hydrogen-bond donors (Lipinski definition) is 2. The van der Waals surface area contributed by atoms with Gasteiger partial charge in [-0.05, 0) is 12.8 Å². The molecule has 0 aromatic carbocycles. The van der Waals surface area contributed by atoms with Gasteiger partial charge in [0.15, 0.2) is 0 Å². The molecule has 1 heterocycles. The zero-order valence-corrected chi connectivity index (χ0v) is 11.8. The average Bonchev–Trinajstić information content (AvgIpc) is 2.72. The lowest BCUT2D eigenvalue weighted by molar-refractivity contribution is 0.0252. The highest BCUT2D eigenvalue weighted by atomic mass is 16.5. The number of ether oxygens (including phenoxy) is 1. The minimum Gasteiger partial charge on any atom is -0.389 e. The Morgan fingerprint density at radius 2 is 2.11 bits per heavy atom. The first kappa shape index (κ1) is 15.1. The molecule has 0 aliphatic rings. The first-order valence-corrected chi connectivity index (χ1v) is 6.46. The summed E-state index contributed by atoms with van der Waals surface area (Å²) in [5.41, 5.74) is 1.12. The molecule has 1 aromatic heterocycles. The lowest BCUT2D eigenvalue weighted by Crippen LogP contribution is -2.32. The van der Waals surface area contributed by atoms with E-state index >= 15 is 0 Å². The van der Waals surface area contributed by atoms with Crippen molar-refractivity contribution in [3.63, 3.8) is 0 Å². The predicted octanol–water partition coefficient (Wildman–Crippen LogP) is 1.10. The van der Waals surface area contributed by atoms with Crippen molar-refractivity contribution in [2.75, 3.05) is 19.8 Å². The van der Waals surface area contributed by atoms with Crippen molar-refractivity contribution in [2.45, 2.75) is 32.9 Å². The van der Waals surface area contributed by atoms with Crippen LogP contribution in [0.3, 0.4) is 0 Å². The van der Waals surface area contributed by atoms with E-state index in [2.05, 4.69) is 31.2 Å². The Balaban J connectivity index is 2.19. The van der Waals surface area contributed by atoms with Gasteiger partial charge in [-0.15, -0.1) is 0 Å². The van der Waals surface area contributed by atoms with Gasteiger partial charge < -0.3 is 15.2 Å². The number of aliphatic hydroxyl groups excluding tert-OH is 1. The van der Waals surface area contributed by atoms with E-state index in [1.54, 1.807) is 4.68 Å². The molecule has 0 aliphatic carbocycles. The fraction of sp³-hybridized carbons (Fsp3) is 0.769. The summed E-state index contributed by atoms with van der Waals surface area (Å²) in [4.78, 5) is 0. The van der Waals surface area contributed by atoms with E-state index in [4.69, 9.17) is 4.74 Å². The van der Waals surface area contributed by atoms with Gasteiger partial charge in [0.05, 0.1) is 18.9 Å². The molecule has 0 radical (unpaired) electrons. The molecule has 2 unspecified atom stereocenters. The van der Waals surface area contributed by atoms with Crippen LogP contribution >= 0.6 is 0 Å². The number of hydrogen-bond acceptors (Lipinski definition) is 4. The molecule has 0 spiro atoms. The van der Waals surface area contributed by atoms with Crippen molar-refractivity contribution < 1.29 is 9.84 Å². The molecular weight excluding hydrogens is 230 g/mol. The van der Waals surface area contributed by atoms with Gasteiger partial charge in [-0.25, -0.2) is 0 Å². The van der Waals surface area contributed by atoms with Crippen LogP contribution in [0, 0.1) is 5.92 Å². The van der Waals surface area contributed by atoms with Gasteiger partial charge in [0, 0.05) is 38.0 Å². The summed E-state index contributed by atoms with van der Waals surface area (Å²) in [6.45, 7) is 7.83. The van der Waals surface area contributed by atoms with Crippen molar-refractivity contribution >= 4 is 0 Å². The van der Waals surface area contributed by atoms with E-state index in [1.165, 1.54) is 0 Å². The van der Waals surface area contributed by atoms with Crippen molar-refractivity contribution in [1.82, 2.24) is 15.1 Å². The van der Waals surface area contributed by atoms with Crippen LogP contribution in [0.5, 0.6) is 0 Å². The van der Waals surface area contributed by atoms with Gasteiger partial charge in [-0.3, -0.25) is 4.68 Å². The molecule has 0 saturated heterocycles. The largest absolute Gasteiger partial charge is 0.389 e. The topological polar surface area (TPSA) is 59.3 Å². The number of nitrogens with zero attached hydrogens (tertiary/aromatic N) is 2. The molecule has 0 fully saturated rings. The molecule has 5 nitrogen and oxygen atoms in total. The van der Waals surface area contributed by atoms with Crippen LogP contribution in [-0.4, -0.2) is 40.7 Å². The molecule has 0 saturated carbocycles. The summed E-state index contributed by atoms with van der Waals surface area (Å²) in [6, 6.07) is 0.179. The minimum absolute atomic E-state index is 0.179. The second-order valence-electron chi connectivity index (χ2n) is 5.16. The van der Waals surface area contributed by atoms with Crippen molar-refractivity contribution in [1.29, 1.82) is 0 Å². The maximum absolute atomic E-state index is 9.75. The third-order valence-corrected chi connectivity index (χ3v) is 2.65. The SMILES string of the molecule is CC(C)COCC(O)CNC(C)c1cnn(C)c1. The van der Waals surface area contributed by atoms with Gasteiger partial charge in [-0.2, -0.15) is 5.10 Å². The minimum atomic E-state index is -0.470. The highest BCUT2D eigenvalue weighted by Crippen LogP contribution is 2.09. The Bertz CT molecular complexity index is 339. The second kappa shape index (κ2) is 7.51. The monoisotopic (exact) mass is 255 g/mol. The van der Waals surface area contributed by atoms with Gasteiger partial charge in [0.25, 0.3) is 0 Å². The molecular formula is C13H25N3O2. The Morgan fingerprint density at radius 1 is 1.39 bits per heavy atom. The van der Waals surface area contributed by atoms with E-state index in [0.29, 0.717) is 25.7 Å². The quantitative estimate of drug-likeness (QED) is 0.730. The molecule has 2 N–H and O–H groups in total. The van der Waals surface area contributed by atoms with Crippen LogP contribution in [0.1, 0.15) is 32.4 Å². The third kappa shape index (κ3) is 5.62. The Hall–Kier alpha value is -0.910. The van der Waals surface area contributed by atoms with Gasteiger partial charge in [0.1, 0.15) is 0 Å². The van der Waals surface area contributed by atoms with Crippen LogP contribution in [0.4, 0.5) is 0 Å². The van der Waals surface area contributed by atoms with Crippen LogP contribution < -0.4 is 5.32 Å². The maximum Gasteiger partial charge on any atom is 0.0897 e. The van der Waals surface area contributed by atoms with Gasteiger partial charge in [-0.1, -0.05) is 13.8 Å². The summed E-state index contributed by atoms with van der Waals surface area (Å²) < 4.78 is 7.17. The summed E-state index contributed by atoms with van der Waals surface area (Å²) in [7, 11) is 1.89. The molecule has 0 amide bonds. The Labute approximate surface area is 109 Å². The number of nitrogens with one attached hydrogen (secondary N) is 1. The van der Waals surface area contributed by atoms with E-state index in [0.717, 1.165) is 5.56 Å². The Morgan fingerprint density at radius 3 is 2.67 bits per heavy atom. The maximum atomic E-state index is 9.75. The van der Waals surface area contributed by atoms with E-state index in [9.17, 15) is 5.11 Å². The molecule has 0 aliphatic heterocycles. The predicted molar refractivity (Wildman–Crippen MR) is 71.3 cm³/mol. The first-order chi connectivity index (χ1) is 8.49. The molecule has 18 heavy (non-hydrogen) atoms. The zero-order valence-electron chi connectivity index (χ0n) is 11.8. The fourth-order valence-corrected chi connectivity index (χ4v) is 1.59. The smallest absolute Gasteiger partial charge is 0.0897 e. The summed E-state index contributed by atoms with van der Waals surface area (Å²) in [5.74, 6) is 0.500. The van der Waals surface area contributed by atoms with E-state index < -0.39 is 6.10 Å².